The molecule has 1 saturated heterocycles. The molecule has 122 valence electrons. The Kier molecular flexibility index (Phi) is 4.38. The van der Waals surface area contributed by atoms with Gasteiger partial charge in [0.05, 0.1) is 5.69 Å². The average molecular weight is 320 g/mol. The van der Waals surface area contributed by atoms with E-state index in [2.05, 4.69) is 15.7 Å². The van der Waals surface area contributed by atoms with Crippen molar-refractivity contribution in [3.8, 4) is 11.3 Å². The lowest BCUT2D eigenvalue weighted by molar-refractivity contribution is 0.0922. The quantitative estimate of drug-likeness (QED) is 0.907. The van der Waals surface area contributed by atoms with Crippen molar-refractivity contribution in [1.82, 2.24) is 20.4 Å². The lowest BCUT2D eigenvalue weighted by atomic mass is 10.0. The summed E-state index contributed by atoms with van der Waals surface area (Å²) in [6.07, 6.45) is 3.27. The molecule has 1 fully saturated rings. The first kappa shape index (κ1) is 15.6. The zero-order valence-electron chi connectivity index (χ0n) is 12.8. The van der Waals surface area contributed by atoms with E-state index in [1.165, 1.54) is 4.68 Å². The van der Waals surface area contributed by atoms with E-state index in [0.717, 1.165) is 31.5 Å². The topological polar surface area (TPSA) is 59.0 Å². The highest BCUT2D eigenvalue weighted by Crippen LogP contribution is 2.24. The van der Waals surface area contributed by atoms with Gasteiger partial charge in [-0.05, 0) is 37.6 Å². The number of aromatic nitrogens is 2. The van der Waals surface area contributed by atoms with Crippen LogP contribution in [0.2, 0.25) is 0 Å². The molecule has 7 heteroatoms. The fourth-order valence-electron chi connectivity index (χ4n) is 2.83. The molecule has 23 heavy (non-hydrogen) atoms. The molecule has 1 amide bonds. The molecule has 0 aliphatic carbocycles. The van der Waals surface area contributed by atoms with E-state index in [4.69, 9.17) is 0 Å². The van der Waals surface area contributed by atoms with Crippen LogP contribution in [-0.2, 0) is 7.05 Å². The average Bonchev–Trinajstić information content (AvgIpc) is 2.93. The maximum atomic E-state index is 14.3. The third-order valence-electron chi connectivity index (χ3n) is 4.02. The molecular formula is C16H18F2N4O. The van der Waals surface area contributed by atoms with E-state index in [1.807, 2.05) is 0 Å². The van der Waals surface area contributed by atoms with Gasteiger partial charge in [0.2, 0.25) is 0 Å². The molecule has 0 saturated carbocycles. The molecular weight excluding hydrogens is 302 g/mol. The molecule has 1 aliphatic heterocycles. The molecule has 2 heterocycles. The first-order chi connectivity index (χ1) is 11.1. The number of nitrogens with zero attached hydrogens (tertiary/aromatic N) is 2. The van der Waals surface area contributed by atoms with Gasteiger partial charge < -0.3 is 10.6 Å². The lowest BCUT2D eigenvalue weighted by Gasteiger charge is -2.24. The molecule has 5 nitrogen and oxygen atoms in total. The minimum absolute atomic E-state index is 0.105. The van der Waals surface area contributed by atoms with Gasteiger partial charge in [-0.1, -0.05) is 0 Å². The monoisotopic (exact) mass is 320 g/mol. The van der Waals surface area contributed by atoms with Gasteiger partial charge in [0, 0.05) is 31.4 Å². The number of piperidine rings is 1. The van der Waals surface area contributed by atoms with Crippen LogP contribution in [0.15, 0.2) is 24.4 Å². The summed E-state index contributed by atoms with van der Waals surface area (Å²) in [5.41, 5.74) is 0.378. The summed E-state index contributed by atoms with van der Waals surface area (Å²) >= 11 is 0. The van der Waals surface area contributed by atoms with Crippen LogP contribution >= 0.6 is 0 Å². The molecule has 1 atom stereocenters. The summed E-state index contributed by atoms with van der Waals surface area (Å²) in [6.45, 7) is 1.51. The molecule has 1 unspecified atom stereocenters. The molecule has 3 rings (SSSR count). The number of rotatable bonds is 3. The van der Waals surface area contributed by atoms with E-state index >= 15 is 0 Å². The Morgan fingerprint density at radius 2 is 2.13 bits per heavy atom. The van der Waals surface area contributed by atoms with Crippen molar-refractivity contribution in [2.24, 2.45) is 7.05 Å². The van der Waals surface area contributed by atoms with E-state index < -0.39 is 23.1 Å². The van der Waals surface area contributed by atoms with Crippen LogP contribution in [0.4, 0.5) is 8.78 Å². The summed E-state index contributed by atoms with van der Waals surface area (Å²) < 4.78 is 30.1. The number of hydrogen-bond acceptors (Lipinski definition) is 3. The van der Waals surface area contributed by atoms with Crippen molar-refractivity contribution in [2.75, 3.05) is 13.1 Å². The third-order valence-corrected chi connectivity index (χ3v) is 4.02. The van der Waals surface area contributed by atoms with E-state index in [9.17, 15) is 13.6 Å². The van der Waals surface area contributed by atoms with Gasteiger partial charge in [0.1, 0.15) is 17.2 Å². The van der Waals surface area contributed by atoms with Crippen LogP contribution in [0.1, 0.15) is 23.2 Å². The van der Waals surface area contributed by atoms with E-state index in [0.29, 0.717) is 17.8 Å². The standard InChI is InChI=1S/C16H18F2N4O/c1-22-14(4-6-20-22)10-7-12(17)15(13(18)8-10)16(23)21-11-3-2-5-19-9-11/h4,6-8,11,19H,2-3,5,9H2,1H3,(H,21,23). The number of benzene rings is 1. The Hall–Kier alpha value is -2.28. The largest absolute Gasteiger partial charge is 0.348 e. The van der Waals surface area contributed by atoms with Crippen LogP contribution < -0.4 is 10.6 Å². The van der Waals surface area contributed by atoms with Crippen LogP contribution in [0, 0.1) is 11.6 Å². The molecule has 2 N–H and O–H groups in total. The summed E-state index contributed by atoms with van der Waals surface area (Å²) in [5.74, 6) is -2.46. The first-order valence-corrected chi connectivity index (χ1v) is 7.55. The van der Waals surface area contributed by atoms with Crippen molar-refractivity contribution in [1.29, 1.82) is 0 Å². The SMILES string of the molecule is Cn1nccc1-c1cc(F)c(C(=O)NC2CCCNC2)c(F)c1. The van der Waals surface area contributed by atoms with Gasteiger partial charge in [-0.15, -0.1) is 0 Å². The fourth-order valence-corrected chi connectivity index (χ4v) is 2.83. The second kappa shape index (κ2) is 6.45. The van der Waals surface area contributed by atoms with Crippen LogP contribution in [0.25, 0.3) is 11.3 Å². The van der Waals surface area contributed by atoms with Gasteiger partial charge in [0.15, 0.2) is 0 Å². The molecule has 1 aromatic carbocycles. The van der Waals surface area contributed by atoms with Gasteiger partial charge in [-0.25, -0.2) is 8.78 Å². The summed E-state index contributed by atoms with van der Waals surface area (Å²) in [5, 5.41) is 9.80. The Morgan fingerprint density at radius 3 is 2.70 bits per heavy atom. The number of amides is 1. The number of aryl methyl sites for hydroxylation is 1. The van der Waals surface area contributed by atoms with Crippen molar-refractivity contribution >= 4 is 5.91 Å². The molecule has 0 spiro atoms. The molecule has 1 aromatic heterocycles. The van der Waals surface area contributed by atoms with E-state index in [-0.39, 0.29) is 6.04 Å². The van der Waals surface area contributed by atoms with E-state index in [1.54, 1.807) is 19.3 Å². The second-order valence-corrected chi connectivity index (χ2v) is 5.67. The summed E-state index contributed by atoms with van der Waals surface area (Å²) in [7, 11) is 1.68. The molecule has 0 bridgehead atoms. The number of nitrogens with one attached hydrogen (secondary N) is 2. The number of halogens is 2. The Bertz CT molecular complexity index is 700. The molecule has 2 aromatic rings. The maximum absolute atomic E-state index is 14.3. The zero-order chi connectivity index (χ0) is 16.4. The Labute approximate surface area is 132 Å². The summed E-state index contributed by atoms with van der Waals surface area (Å²) in [6, 6.07) is 3.87. The molecule has 1 aliphatic rings. The highest BCUT2D eigenvalue weighted by atomic mass is 19.1. The normalized spacial score (nSPS) is 18.0. The Morgan fingerprint density at radius 1 is 1.39 bits per heavy atom. The number of carbonyl (C=O) groups is 1. The number of hydrogen-bond donors (Lipinski definition) is 2. The highest BCUT2D eigenvalue weighted by molar-refractivity contribution is 5.95. The first-order valence-electron chi connectivity index (χ1n) is 7.55. The maximum Gasteiger partial charge on any atom is 0.257 e. The fraction of sp³-hybridized carbons (Fsp3) is 0.375. The van der Waals surface area contributed by atoms with Crippen LogP contribution in [0.5, 0.6) is 0 Å². The highest BCUT2D eigenvalue weighted by Gasteiger charge is 2.23. The van der Waals surface area contributed by atoms with Gasteiger partial charge >= 0.3 is 0 Å². The van der Waals surface area contributed by atoms with Gasteiger partial charge in [-0.2, -0.15) is 5.10 Å². The predicted molar refractivity (Wildman–Crippen MR) is 81.9 cm³/mol. The van der Waals surface area contributed by atoms with Gasteiger partial charge in [-0.3, -0.25) is 9.48 Å². The summed E-state index contributed by atoms with van der Waals surface area (Å²) in [4.78, 5) is 12.2. The smallest absolute Gasteiger partial charge is 0.257 e. The van der Waals surface area contributed by atoms with Crippen LogP contribution in [-0.4, -0.2) is 34.8 Å². The lowest BCUT2D eigenvalue weighted by Crippen LogP contribution is -2.46. The minimum Gasteiger partial charge on any atom is -0.348 e. The van der Waals surface area contributed by atoms with Crippen molar-refractivity contribution < 1.29 is 13.6 Å². The molecule has 0 radical (unpaired) electrons. The Balaban J connectivity index is 1.85. The van der Waals surface area contributed by atoms with Crippen molar-refractivity contribution in [2.45, 2.75) is 18.9 Å². The van der Waals surface area contributed by atoms with Crippen LogP contribution in [0.3, 0.4) is 0 Å². The van der Waals surface area contributed by atoms with Gasteiger partial charge in [0.25, 0.3) is 5.91 Å². The third kappa shape index (κ3) is 3.24. The van der Waals surface area contributed by atoms with Crippen molar-refractivity contribution in [3.63, 3.8) is 0 Å². The zero-order valence-corrected chi connectivity index (χ0v) is 12.8. The second-order valence-electron chi connectivity index (χ2n) is 5.67. The minimum atomic E-state index is -0.873. The number of carbonyl (C=O) groups excluding carboxylic acids is 1. The predicted octanol–water partition coefficient (Wildman–Crippen LogP) is 1.85. The van der Waals surface area contributed by atoms with Crippen molar-refractivity contribution in [3.05, 3.63) is 41.6 Å².